The molecule has 2 heterocycles. The Labute approximate surface area is 155 Å². The van der Waals surface area contributed by atoms with E-state index in [1.54, 1.807) is 24.3 Å². The number of fused-ring (bicyclic) bond motifs is 1. The number of pyridine rings is 1. The smallest absolute Gasteiger partial charge is 0.371 e. The van der Waals surface area contributed by atoms with Gasteiger partial charge in [-0.25, -0.2) is 24.2 Å². The third-order valence-corrected chi connectivity index (χ3v) is 3.51. The number of hydrogen-bond donors (Lipinski definition) is 5. The molecule has 0 aliphatic heterocycles. The van der Waals surface area contributed by atoms with Gasteiger partial charge in [0.15, 0.2) is 0 Å². The van der Waals surface area contributed by atoms with Crippen LogP contribution in [0.15, 0.2) is 30.5 Å². The van der Waals surface area contributed by atoms with Gasteiger partial charge in [-0.1, -0.05) is 18.2 Å². The van der Waals surface area contributed by atoms with Crippen LogP contribution in [0.4, 0.5) is 0 Å². The molecule has 28 heavy (non-hydrogen) atoms. The molecule has 0 spiro atoms. The number of aromatic amines is 1. The van der Waals surface area contributed by atoms with Crippen LogP contribution in [0.2, 0.25) is 0 Å². The fraction of sp³-hybridized carbons (Fsp3) is 0.0588. The molecular formula is C17H13N3O8. The molecule has 3 aromatic rings. The largest absolute Gasteiger partial charge is 0.478 e. The van der Waals surface area contributed by atoms with Gasteiger partial charge in [-0.15, -0.1) is 0 Å². The summed E-state index contributed by atoms with van der Waals surface area (Å²) in [5, 5.41) is 35.1. The minimum Gasteiger partial charge on any atom is -0.478 e. The average Bonchev–Trinajstić information content (AvgIpc) is 3.11. The number of aromatic nitrogens is 3. The van der Waals surface area contributed by atoms with E-state index in [2.05, 4.69) is 15.0 Å². The summed E-state index contributed by atoms with van der Waals surface area (Å²) >= 11 is 0. The molecule has 0 atom stereocenters. The van der Waals surface area contributed by atoms with E-state index in [1.165, 1.54) is 6.92 Å². The third-order valence-electron chi connectivity index (χ3n) is 3.51. The number of aromatic carboxylic acids is 4. The lowest BCUT2D eigenvalue weighted by Gasteiger charge is -2.08. The summed E-state index contributed by atoms with van der Waals surface area (Å²) in [7, 11) is 0. The number of H-pyrrole nitrogens is 1. The molecule has 2 aromatic heterocycles. The van der Waals surface area contributed by atoms with Gasteiger partial charge in [-0.05, 0) is 13.0 Å². The predicted octanol–water partition coefficient (Wildman–Crippen LogP) is 1.75. The van der Waals surface area contributed by atoms with Gasteiger partial charge in [0, 0.05) is 5.39 Å². The molecule has 0 radical (unpaired) electrons. The van der Waals surface area contributed by atoms with Gasteiger partial charge in [0.1, 0.15) is 5.69 Å². The van der Waals surface area contributed by atoms with Crippen LogP contribution in [0.3, 0.4) is 0 Å². The van der Waals surface area contributed by atoms with Gasteiger partial charge in [-0.3, -0.25) is 4.98 Å². The number of imidazole rings is 1. The number of hydrogen-bond acceptors (Lipinski definition) is 6. The van der Waals surface area contributed by atoms with E-state index < -0.39 is 23.9 Å². The minimum absolute atomic E-state index is 0.202. The van der Waals surface area contributed by atoms with Crippen molar-refractivity contribution >= 4 is 34.8 Å². The monoisotopic (exact) mass is 387 g/mol. The van der Waals surface area contributed by atoms with Crippen molar-refractivity contribution in [3.63, 3.8) is 0 Å². The lowest BCUT2D eigenvalue weighted by atomic mass is 10.0. The topological polar surface area (TPSA) is 191 Å². The average molecular weight is 387 g/mol. The van der Waals surface area contributed by atoms with E-state index in [0.717, 1.165) is 6.20 Å². The van der Waals surface area contributed by atoms with Gasteiger partial charge < -0.3 is 25.4 Å². The Morgan fingerprint density at radius 1 is 0.857 bits per heavy atom. The first-order valence-corrected chi connectivity index (χ1v) is 7.51. The van der Waals surface area contributed by atoms with Crippen LogP contribution in [0, 0.1) is 6.92 Å². The Kier molecular flexibility index (Phi) is 5.69. The van der Waals surface area contributed by atoms with E-state index in [9.17, 15) is 19.2 Å². The number of nitrogens with zero attached hydrogens (tertiary/aromatic N) is 2. The van der Waals surface area contributed by atoms with Crippen molar-refractivity contribution in [1.29, 1.82) is 0 Å². The van der Waals surface area contributed by atoms with Crippen molar-refractivity contribution in [3.05, 3.63) is 58.8 Å². The van der Waals surface area contributed by atoms with Gasteiger partial charge in [0.2, 0.25) is 5.82 Å². The molecule has 11 nitrogen and oxygen atoms in total. The first-order valence-electron chi connectivity index (χ1n) is 7.51. The molecule has 1 aromatic carbocycles. The Hall–Kier alpha value is -4.28. The number of carboxylic acid groups (broad SMARTS) is 4. The van der Waals surface area contributed by atoms with E-state index >= 15 is 0 Å². The number of nitrogens with one attached hydrogen (secondary N) is 1. The Bertz CT molecular complexity index is 1070. The second-order valence-electron chi connectivity index (χ2n) is 5.33. The molecule has 0 saturated heterocycles. The van der Waals surface area contributed by atoms with Gasteiger partial charge >= 0.3 is 23.9 Å². The lowest BCUT2D eigenvalue weighted by molar-refractivity contribution is 0.0652. The van der Waals surface area contributed by atoms with Gasteiger partial charge in [0.05, 0.1) is 28.5 Å². The molecular weight excluding hydrogens is 374 g/mol. The molecule has 3 rings (SSSR count). The number of carbonyl (C=O) groups is 4. The summed E-state index contributed by atoms with van der Waals surface area (Å²) in [5.41, 5.74) is -0.0137. The van der Waals surface area contributed by atoms with Crippen molar-refractivity contribution in [3.8, 4) is 0 Å². The van der Waals surface area contributed by atoms with E-state index in [1.807, 2.05) is 0 Å². The fourth-order valence-electron chi connectivity index (χ4n) is 2.36. The number of carboxylic acids is 4. The van der Waals surface area contributed by atoms with Crippen LogP contribution < -0.4 is 0 Å². The van der Waals surface area contributed by atoms with Crippen LogP contribution >= 0.6 is 0 Å². The van der Waals surface area contributed by atoms with Crippen molar-refractivity contribution in [1.82, 2.24) is 15.0 Å². The Morgan fingerprint density at radius 3 is 1.93 bits per heavy atom. The van der Waals surface area contributed by atoms with Crippen LogP contribution in [-0.2, 0) is 0 Å². The third kappa shape index (κ3) is 4.09. The maximum Gasteiger partial charge on any atom is 0.371 e. The number of rotatable bonds is 4. The normalized spacial score (nSPS) is 10.0. The van der Waals surface area contributed by atoms with Crippen molar-refractivity contribution < 1.29 is 39.6 Å². The highest BCUT2D eigenvalue weighted by molar-refractivity contribution is 6.11. The highest BCUT2D eigenvalue weighted by atomic mass is 16.4. The first-order chi connectivity index (χ1) is 13.1. The first kappa shape index (κ1) is 20.0. The Morgan fingerprint density at radius 2 is 1.46 bits per heavy atom. The zero-order chi connectivity index (χ0) is 21.0. The highest BCUT2D eigenvalue weighted by Crippen LogP contribution is 2.23. The zero-order valence-corrected chi connectivity index (χ0v) is 14.2. The van der Waals surface area contributed by atoms with Crippen molar-refractivity contribution in [2.45, 2.75) is 6.92 Å². The molecule has 0 saturated carbocycles. The minimum atomic E-state index is -1.28. The summed E-state index contributed by atoms with van der Waals surface area (Å²) in [6.45, 7) is 1.49. The molecule has 0 amide bonds. The lowest BCUT2D eigenvalue weighted by Crippen LogP contribution is -2.12. The number of para-hydroxylation sites is 1. The number of aryl methyl sites for hydroxylation is 1. The van der Waals surface area contributed by atoms with Gasteiger partial charge in [0.25, 0.3) is 0 Å². The number of benzene rings is 1. The van der Waals surface area contributed by atoms with E-state index in [4.69, 9.17) is 20.4 Å². The van der Waals surface area contributed by atoms with Crippen molar-refractivity contribution in [2.75, 3.05) is 0 Å². The molecule has 5 N–H and O–H groups in total. The molecule has 144 valence electrons. The van der Waals surface area contributed by atoms with E-state index in [0.29, 0.717) is 10.9 Å². The maximum absolute atomic E-state index is 11.2. The summed E-state index contributed by atoms with van der Waals surface area (Å²) < 4.78 is 0. The summed E-state index contributed by atoms with van der Waals surface area (Å²) in [6, 6.07) is 6.58. The summed E-state index contributed by atoms with van der Waals surface area (Å²) in [4.78, 5) is 52.1. The standard InChI is InChI=1S/C12H9NO4.C5H4N2O4/c1-6-9(11(14)15)10(12(16)17)7-4-2-3-5-8(7)13-6;8-4(9)2-1-6-3(7-2)5(10)11/h2-5H,1H3,(H,14,15)(H,16,17);1H,(H,6,7)(H,8,9)(H,10,11). The highest BCUT2D eigenvalue weighted by Gasteiger charge is 2.22. The molecule has 0 aliphatic carbocycles. The second kappa shape index (κ2) is 7.95. The van der Waals surface area contributed by atoms with Crippen LogP contribution in [-0.4, -0.2) is 59.3 Å². The SMILES string of the molecule is Cc1nc2ccccc2c(C(=O)O)c1C(=O)O.O=C(O)c1cnc(C(=O)O)[nH]1. The molecule has 0 fully saturated rings. The van der Waals surface area contributed by atoms with E-state index in [-0.39, 0.29) is 28.3 Å². The fourth-order valence-corrected chi connectivity index (χ4v) is 2.36. The van der Waals surface area contributed by atoms with Crippen LogP contribution in [0.25, 0.3) is 10.9 Å². The molecule has 0 bridgehead atoms. The summed E-state index contributed by atoms with van der Waals surface area (Å²) in [5.74, 6) is -5.42. The second-order valence-corrected chi connectivity index (χ2v) is 5.33. The predicted molar refractivity (Wildman–Crippen MR) is 92.9 cm³/mol. The summed E-state index contributed by atoms with van der Waals surface area (Å²) in [6.07, 6.45) is 0.950. The van der Waals surface area contributed by atoms with Crippen LogP contribution in [0.5, 0.6) is 0 Å². The van der Waals surface area contributed by atoms with Crippen molar-refractivity contribution in [2.24, 2.45) is 0 Å². The van der Waals surface area contributed by atoms with Crippen LogP contribution in [0.1, 0.15) is 47.5 Å². The Balaban J connectivity index is 0.000000221. The molecule has 11 heteroatoms. The molecule has 0 aliphatic rings. The van der Waals surface area contributed by atoms with Gasteiger partial charge in [-0.2, -0.15) is 0 Å². The molecule has 0 unspecified atom stereocenters. The maximum atomic E-state index is 11.2. The quantitative estimate of drug-likeness (QED) is 0.440. The zero-order valence-electron chi connectivity index (χ0n) is 14.2.